The van der Waals surface area contributed by atoms with Crippen LogP contribution in [0.1, 0.15) is 22.7 Å². The average molecular weight is 279 g/mol. The largest absolute Gasteiger partial charge is 0.481 e. The Morgan fingerprint density at radius 2 is 2.19 bits per heavy atom. The Hall–Kier alpha value is -2.87. The van der Waals surface area contributed by atoms with Gasteiger partial charge in [0.1, 0.15) is 11.8 Å². The van der Waals surface area contributed by atoms with Crippen LogP contribution in [-0.4, -0.2) is 22.6 Å². The summed E-state index contributed by atoms with van der Waals surface area (Å²) in [6.45, 7) is 1.02. The van der Waals surface area contributed by atoms with Crippen LogP contribution in [0.15, 0.2) is 42.6 Å². The number of rotatable bonds is 2. The number of carboxylic acid groups (broad SMARTS) is 1. The lowest BCUT2D eigenvalue weighted by Gasteiger charge is -2.34. The lowest BCUT2D eigenvalue weighted by Crippen LogP contribution is -2.36. The molecule has 1 aromatic heterocycles. The van der Waals surface area contributed by atoms with Crippen molar-refractivity contribution in [2.24, 2.45) is 0 Å². The van der Waals surface area contributed by atoms with E-state index in [4.69, 9.17) is 5.26 Å². The minimum Gasteiger partial charge on any atom is -0.481 e. The van der Waals surface area contributed by atoms with Crippen LogP contribution < -0.4 is 4.90 Å². The second-order valence-electron chi connectivity index (χ2n) is 4.98. The van der Waals surface area contributed by atoms with E-state index in [1.165, 1.54) is 0 Å². The minimum absolute atomic E-state index is 0.332. The Bertz CT molecular complexity index is 736. The van der Waals surface area contributed by atoms with Gasteiger partial charge in [-0.05, 0) is 23.3 Å². The number of benzene rings is 1. The Morgan fingerprint density at radius 3 is 2.95 bits per heavy atom. The van der Waals surface area contributed by atoms with Crippen molar-refractivity contribution in [3.63, 3.8) is 0 Å². The number of carbonyl (C=O) groups is 1. The maximum Gasteiger partial charge on any atom is 0.312 e. The van der Waals surface area contributed by atoms with Gasteiger partial charge in [-0.3, -0.25) is 4.79 Å². The van der Waals surface area contributed by atoms with Gasteiger partial charge in [0.2, 0.25) is 0 Å². The molecule has 2 aromatic rings. The molecule has 2 heterocycles. The molecule has 3 rings (SSSR count). The molecule has 0 aliphatic carbocycles. The van der Waals surface area contributed by atoms with Crippen molar-refractivity contribution >= 4 is 11.7 Å². The molecular formula is C16H13N3O2. The lowest BCUT2D eigenvalue weighted by molar-refractivity contribution is -0.138. The van der Waals surface area contributed by atoms with Crippen molar-refractivity contribution in [3.8, 4) is 6.07 Å². The predicted octanol–water partition coefficient (Wildman–Crippen LogP) is 2.14. The molecule has 0 radical (unpaired) electrons. The highest BCUT2D eigenvalue weighted by molar-refractivity contribution is 5.78. The molecule has 0 spiro atoms. The minimum atomic E-state index is -0.832. The topological polar surface area (TPSA) is 77.2 Å². The number of aliphatic carboxylic acids is 1. The van der Waals surface area contributed by atoms with Gasteiger partial charge in [0, 0.05) is 25.0 Å². The van der Waals surface area contributed by atoms with Crippen LogP contribution in [-0.2, 0) is 11.3 Å². The molecule has 21 heavy (non-hydrogen) atoms. The lowest BCUT2D eigenvalue weighted by atomic mass is 9.89. The molecular weight excluding hydrogens is 266 g/mol. The van der Waals surface area contributed by atoms with E-state index in [2.05, 4.69) is 4.98 Å². The second kappa shape index (κ2) is 5.25. The summed E-state index contributed by atoms with van der Waals surface area (Å²) in [6, 6.07) is 13.1. The molecule has 1 N–H and O–H groups in total. The molecule has 0 fully saturated rings. The van der Waals surface area contributed by atoms with E-state index in [9.17, 15) is 9.90 Å². The first kappa shape index (κ1) is 13.1. The first-order valence-electron chi connectivity index (χ1n) is 6.61. The zero-order valence-corrected chi connectivity index (χ0v) is 11.2. The number of aromatic nitrogens is 1. The Morgan fingerprint density at radius 1 is 1.38 bits per heavy atom. The number of nitrogens with zero attached hydrogens (tertiary/aromatic N) is 3. The van der Waals surface area contributed by atoms with E-state index in [0.717, 1.165) is 16.8 Å². The summed E-state index contributed by atoms with van der Waals surface area (Å²) in [5, 5.41) is 18.4. The molecule has 104 valence electrons. The van der Waals surface area contributed by atoms with Gasteiger partial charge in [-0.2, -0.15) is 5.26 Å². The highest BCUT2D eigenvalue weighted by Crippen LogP contribution is 2.31. The summed E-state index contributed by atoms with van der Waals surface area (Å²) in [7, 11) is 0. The van der Waals surface area contributed by atoms with Crippen molar-refractivity contribution < 1.29 is 9.90 Å². The molecule has 0 bridgehead atoms. The van der Waals surface area contributed by atoms with Gasteiger partial charge in [0.15, 0.2) is 0 Å². The van der Waals surface area contributed by atoms with Crippen molar-refractivity contribution in [3.05, 3.63) is 59.4 Å². The number of nitriles is 1. The predicted molar refractivity (Wildman–Crippen MR) is 76.8 cm³/mol. The van der Waals surface area contributed by atoms with Crippen molar-refractivity contribution in [2.45, 2.75) is 12.5 Å². The summed E-state index contributed by atoms with van der Waals surface area (Å²) >= 11 is 0. The number of fused-ring (bicyclic) bond motifs is 1. The van der Waals surface area contributed by atoms with E-state index in [-0.39, 0.29) is 0 Å². The first-order valence-corrected chi connectivity index (χ1v) is 6.61. The number of hydrogen-bond acceptors (Lipinski definition) is 4. The molecule has 1 aliphatic heterocycles. The standard InChI is InChI=1S/C16H13N3O2/c17-8-12-7-13(5-6-18-12)19-9-11-3-1-2-4-14(11)15(10-19)16(20)21/h1-7,15H,9-10H2,(H,20,21). The number of anilines is 1. The maximum absolute atomic E-state index is 11.5. The highest BCUT2D eigenvalue weighted by atomic mass is 16.4. The smallest absolute Gasteiger partial charge is 0.312 e. The normalized spacial score (nSPS) is 16.9. The number of hydrogen-bond donors (Lipinski definition) is 1. The van der Waals surface area contributed by atoms with Gasteiger partial charge in [0.25, 0.3) is 0 Å². The Kier molecular flexibility index (Phi) is 3.28. The SMILES string of the molecule is N#Cc1cc(N2Cc3ccccc3C(C(=O)O)C2)ccn1. The summed E-state index contributed by atoms with van der Waals surface area (Å²) in [5.74, 6) is -1.39. The summed E-state index contributed by atoms with van der Waals surface area (Å²) in [5.41, 5.74) is 3.03. The Labute approximate surface area is 122 Å². The molecule has 0 amide bonds. The molecule has 1 aliphatic rings. The van der Waals surface area contributed by atoms with Gasteiger partial charge in [-0.15, -0.1) is 0 Å². The zero-order valence-electron chi connectivity index (χ0n) is 11.2. The van der Waals surface area contributed by atoms with E-state index < -0.39 is 11.9 Å². The summed E-state index contributed by atoms with van der Waals surface area (Å²) in [4.78, 5) is 17.4. The van der Waals surface area contributed by atoms with Crippen molar-refractivity contribution in [2.75, 3.05) is 11.4 Å². The van der Waals surface area contributed by atoms with Crippen LogP contribution in [0.2, 0.25) is 0 Å². The molecule has 1 atom stereocenters. The van der Waals surface area contributed by atoms with E-state index in [1.807, 2.05) is 35.2 Å². The van der Waals surface area contributed by atoms with Gasteiger partial charge >= 0.3 is 5.97 Å². The van der Waals surface area contributed by atoms with Gasteiger partial charge in [-0.1, -0.05) is 24.3 Å². The fourth-order valence-electron chi connectivity index (χ4n) is 2.69. The maximum atomic E-state index is 11.5. The van der Waals surface area contributed by atoms with Crippen LogP contribution in [0.5, 0.6) is 0 Å². The fourth-order valence-corrected chi connectivity index (χ4v) is 2.69. The third-order valence-electron chi connectivity index (χ3n) is 3.72. The zero-order chi connectivity index (χ0) is 14.8. The van der Waals surface area contributed by atoms with Crippen LogP contribution in [0.25, 0.3) is 0 Å². The average Bonchev–Trinajstić information content (AvgIpc) is 2.53. The summed E-state index contributed by atoms with van der Waals surface area (Å²) < 4.78 is 0. The third kappa shape index (κ3) is 2.43. The van der Waals surface area contributed by atoms with Gasteiger partial charge in [-0.25, -0.2) is 4.98 Å². The van der Waals surface area contributed by atoms with Crippen LogP contribution in [0.3, 0.4) is 0 Å². The molecule has 1 aromatic carbocycles. The van der Waals surface area contributed by atoms with Gasteiger partial charge < -0.3 is 10.0 Å². The highest BCUT2D eigenvalue weighted by Gasteiger charge is 2.30. The quantitative estimate of drug-likeness (QED) is 0.911. The van der Waals surface area contributed by atoms with Crippen LogP contribution in [0, 0.1) is 11.3 Å². The number of carboxylic acids is 1. The fraction of sp³-hybridized carbons (Fsp3) is 0.188. The number of pyridine rings is 1. The molecule has 5 nitrogen and oxygen atoms in total. The monoisotopic (exact) mass is 279 g/mol. The van der Waals surface area contributed by atoms with Crippen LogP contribution >= 0.6 is 0 Å². The Balaban J connectivity index is 2.00. The molecule has 0 saturated heterocycles. The molecule has 0 saturated carbocycles. The van der Waals surface area contributed by atoms with E-state index >= 15 is 0 Å². The van der Waals surface area contributed by atoms with E-state index in [1.54, 1.807) is 18.3 Å². The van der Waals surface area contributed by atoms with E-state index in [0.29, 0.717) is 18.8 Å². The third-order valence-corrected chi connectivity index (χ3v) is 3.72. The van der Waals surface area contributed by atoms with Crippen molar-refractivity contribution in [1.29, 1.82) is 5.26 Å². The second-order valence-corrected chi connectivity index (χ2v) is 4.98. The molecule has 1 unspecified atom stereocenters. The first-order chi connectivity index (χ1) is 10.2. The van der Waals surface area contributed by atoms with Crippen molar-refractivity contribution in [1.82, 2.24) is 4.98 Å². The molecule has 5 heteroatoms. The summed E-state index contributed by atoms with van der Waals surface area (Å²) in [6.07, 6.45) is 1.57. The van der Waals surface area contributed by atoms with Gasteiger partial charge in [0.05, 0.1) is 5.92 Å². The van der Waals surface area contributed by atoms with Crippen LogP contribution in [0.4, 0.5) is 5.69 Å².